The molecule has 1 fully saturated rings. The molecule has 0 spiro atoms. The zero-order valence-electron chi connectivity index (χ0n) is 18.1. The van der Waals surface area contributed by atoms with E-state index in [2.05, 4.69) is 0 Å². The molecule has 4 rings (SSSR count). The van der Waals surface area contributed by atoms with Crippen LogP contribution in [0.25, 0.3) is 23.0 Å². The highest BCUT2D eigenvalue weighted by Crippen LogP contribution is 2.35. The number of aromatic nitrogens is 2. The summed E-state index contributed by atoms with van der Waals surface area (Å²) < 4.78 is 12.9. The Labute approximate surface area is 196 Å². The van der Waals surface area contributed by atoms with Crippen LogP contribution >= 0.6 is 24.0 Å². The normalized spacial score (nSPS) is 15.1. The number of thioether (sulfide) groups is 1. The quantitative estimate of drug-likeness (QED) is 0.372. The van der Waals surface area contributed by atoms with Gasteiger partial charge in [-0.25, -0.2) is 4.68 Å². The number of hydrogen-bond acceptors (Lipinski definition) is 6. The summed E-state index contributed by atoms with van der Waals surface area (Å²) in [5.74, 6) is 0.707. The molecule has 1 amide bonds. The van der Waals surface area contributed by atoms with E-state index in [1.54, 1.807) is 19.1 Å². The van der Waals surface area contributed by atoms with Crippen molar-refractivity contribution >= 4 is 40.3 Å². The van der Waals surface area contributed by atoms with E-state index >= 15 is 0 Å². The summed E-state index contributed by atoms with van der Waals surface area (Å²) in [4.78, 5) is 15.1. The molecule has 2 aromatic carbocycles. The second-order valence-electron chi connectivity index (χ2n) is 7.22. The maximum atomic E-state index is 12.9. The average Bonchev–Trinajstić information content (AvgIpc) is 3.34. The van der Waals surface area contributed by atoms with Crippen LogP contribution in [0.1, 0.15) is 11.1 Å². The number of thiocarbonyl (C=S) groups is 1. The number of rotatable bonds is 7. The Bertz CT molecular complexity index is 1190. The highest BCUT2D eigenvalue weighted by atomic mass is 32.2. The highest BCUT2D eigenvalue weighted by Gasteiger charge is 2.32. The van der Waals surface area contributed by atoms with E-state index in [-0.39, 0.29) is 5.91 Å². The van der Waals surface area contributed by atoms with Crippen molar-refractivity contribution in [3.05, 3.63) is 70.8 Å². The first-order valence-corrected chi connectivity index (χ1v) is 11.3. The van der Waals surface area contributed by atoms with Gasteiger partial charge in [-0.15, -0.1) is 0 Å². The molecule has 0 bridgehead atoms. The number of methoxy groups -OCH3 is 2. The molecule has 2 heterocycles. The zero-order valence-corrected chi connectivity index (χ0v) is 19.7. The summed E-state index contributed by atoms with van der Waals surface area (Å²) in [6, 6.07) is 15.8. The first kappa shape index (κ1) is 22.3. The maximum Gasteiger partial charge on any atom is 0.266 e. The molecule has 3 aromatic rings. The van der Waals surface area contributed by atoms with Gasteiger partial charge in [-0.1, -0.05) is 42.2 Å². The van der Waals surface area contributed by atoms with Crippen molar-refractivity contribution in [2.24, 2.45) is 0 Å². The Hall–Kier alpha value is -2.94. The van der Waals surface area contributed by atoms with Crippen molar-refractivity contribution in [1.82, 2.24) is 14.7 Å². The molecule has 8 heteroatoms. The first-order chi connectivity index (χ1) is 15.5. The zero-order chi connectivity index (χ0) is 22.7. The van der Waals surface area contributed by atoms with Gasteiger partial charge in [0.05, 0.1) is 30.9 Å². The SMILES string of the molecule is COCCN1C(=O)/C(=C\c2cn(-c3ccccc3)nc2-c2ccc(OC)c(C)c2)SC1=S. The van der Waals surface area contributed by atoms with Crippen LogP contribution in [-0.4, -0.2) is 52.3 Å². The summed E-state index contributed by atoms with van der Waals surface area (Å²) in [5, 5.41) is 4.85. The molecule has 0 radical (unpaired) electrons. The standard InChI is InChI=1S/C24H23N3O3S2/c1-16-13-17(9-10-20(16)30-3)22-18(15-27(25-22)19-7-5-4-6-8-19)14-21-23(28)26(11-12-29-2)24(31)32-21/h4-10,13-15H,11-12H2,1-3H3/b21-14+. The molecule has 6 nitrogen and oxygen atoms in total. The monoisotopic (exact) mass is 465 g/mol. The van der Waals surface area contributed by atoms with Gasteiger partial charge in [-0.3, -0.25) is 9.69 Å². The Balaban J connectivity index is 1.78. The van der Waals surface area contributed by atoms with Crippen LogP contribution in [0.2, 0.25) is 0 Å². The summed E-state index contributed by atoms with van der Waals surface area (Å²) in [7, 11) is 3.26. The molecule has 0 unspecified atom stereocenters. The van der Waals surface area contributed by atoms with Crippen LogP contribution in [0.3, 0.4) is 0 Å². The topological polar surface area (TPSA) is 56.6 Å². The van der Waals surface area contributed by atoms with Gasteiger partial charge < -0.3 is 9.47 Å². The van der Waals surface area contributed by atoms with Gasteiger partial charge in [0.1, 0.15) is 15.8 Å². The molecule has 32 heavy (non-hydrogen) atoms. The van der Waals surface area contributed by atoms with E-state index < -0.39 is 0 Å². The van der Waals surface area contributed by atoms with Gasteiger partial charge in [0.2, 0.25) is 0 Å². The Morgan fingerprint density at radius 3 is 2.62 bits per heavy atom. The van der Waals surface area contributed by atoms with Gasteiger partial charge in [0, 0.05) is 24.4 Å². The number of amides is 1. The van der Waals surface area contributed by atoms with Crippen LogP contribution in [0.5, 0.6) is 5.75 Å². The predicted molar refractivity (Wildman–Crippen MR) is 132 cm³/mol. The predicted octanol–water partition coefficient (Wildman–Crippen LogP) is 4.70. The highest BCUT2D eigenvalue weighted by molar-refractivity contribution is 8.26. The third kappa shape index (κ3) is 4.48. The number of nitrogens with zero attached hydrogens (tertiary/aromatic N) is 3. The minimum atomic E-state index is -0.110. The van der Waals surface area contributed by atoms with E-state index in [9.17, 15) is 4.79 Å². The van der Waals surface area contributed by atoms with Crippen LogP contribution in [0.15, 0.2) is 59.6 Å². The lowest BCUT2D eigenvalue weighted by molar-refractivity contribution is -0.122. The number of carbonyl (C=O) groups is 1. The van der Waals surface area contributed by atoms with E-state index in [1.165, 1.54) is 11.8 Å². The average molecular weight is 466 g/mol. The lowest BCUT2D eigenvalue weighted by Crippen LogP contribution is -2.31. The molecular weight excluding hydrogens is 442 g/mol. The molecule has 0 N–H and O–H groups in total. The first-order valence-electron chi connectivity index (χ1n) is 10.1. The van der Waals surface area contributed by atoms with E-state index in [1.807, 2.05) is 72.4 Å². The number of carbonyl (C=O) groups excluding carboxylic acids is 1. The molecule has 164 valence electrons. The van der Waals surface area contributed by atoms with Crippen molar-refractivity contribution in [1.29, 1.82) is 0 Å². The van der Waals surface area contributed by atoms with Gasteiger partial charge in [-0.2, -0.15) is 5.10 Å². The third-order valence-corrected chi connectivity index (χ3v) is 6.49. The smallest absolute Gasteiger partial charge is 0.266 e. The largest absolute Gasteiger partial charge is 0.496 e. The summed E-state index contributed by atoms with van der Waals surface area (Å²) in [6.07, 6.45) is 3.80. The van der Waals surface area contributed by atoms with Crippen molar-refractivity contribution in [3.63, 3.8) is 0 Å². The van der Waals surface area contributed by atoms with Crippen molar-refractivity contribution in [3.8, 4) is 22.7 Å². The van der Waals surface area contributed by atoms with Crippen LogP contribution in [-0.2, 0) is 9.53 Å². The van der Waals surface area contributed by atoms with E-state index in [4.69, 9.17) is 26.8 Å². The number of para-hydroxylation sites is 1. The van der Waals surface area contributed by atoms with E-state index in [0.717, 1.165) is 33.8 Å². The van der Waals surface area contributed by atoms with Gasteiger partial charge in [0.25, 0.3) is 5.91 Å². The Morgan fingerprint density at radius 2 is 1.94 bits per heavy atom. The maximum absolute atomic E-state index is 12.9. The number of hydrogen-bond donors (Lipinski definition) is 0. The molecule has 1 aliphatic heterocycles. The van der Waals surface area contributed by atoms with E-state index in [0.29, 0.717) is 22.4 Å². The molecular formula is C24H23N3O3S2. The van der Waals surface area contributed by atoms with Crippen molar-refractivity contribution in [2.75, 3.05) is 27.4 Å². The van der Waals surface area contributed by atoms with Crippen LogP contribution < -0.4 is 4.74 Å². The number of ether oxygens (including phenoxy) is 2. The van der Waals surface area contributed by atoms with Crippen molar-refractivity contribution in [2.45, 2.75) is 6.92 Å². The van der Waals surface area contributed by atoms with Gasteiger partial charge >= 0.3 is 0 Å². The molecule has 0 aliphatic carbocycles. The molecule has 1 saturated heterocycles. The fraction of sp³-hybridized carbons (Fsp3) is 0.208. The molecule has 1 aromatic heterocycles. The van der Waals surface area contributed by atoms with Gasteiger partial charge in [0.15, 0.2) is 0 Å². The van der Waals surface area contributed by atoms with Crippen molar-refractivity contribution < 1.29 is 14.3 Å². The summed E-state index contributed by atoms with van der Waals surface area (Å²) in [6.45, 7) is 2.87. The third-order valence-electron chi connectivity index (χ3n) is 5.11. The van der Waals surface area contributed by atoms with Gasteiger partial charge in [-0.05, 0) is 48.9 Å². The lowest BCUT2D eigenvalue weighted by atomic mass is 10.0. The minimum absolute atomic E-state index is 0.110. The second-order valence-corrected chi connectivity index (χ2v) is 8.90. The molecule has 0 saturated carbocycles. The summed E-state index contributed by atoms with van der Waals surface area (Å²) >= 11 is 6.72. The lowest BCUT2D eigenvalue weighted by Gasteiger charge is -2.12. The number of aryl methyl sites for hydroxylation is 1. The molecule has 1 aliphatic rings. The fourth-order valence-corrected chi connectivity index (χ4v) is 4.77. The second kappa shape index (κ2) is 9.68. The van der Waals surface area contributed by atoms with Crippen LogP contribution in [0.4, 0.5) is 0 Å². The number of benzene rings is 2. The fourth-order valence-electron chi connectivity index (χ4n) is 3.47. The Morgan fingerprint density at radius 1 is 1.16 bits per heavy atom. The minimum Gasteiger partial charge on any atom is -0.496 e. The van der Waals surface area contributed by atoms with Crippen LogP contribution in [0, 0.1) is 6.92 Å². The molecule has 0 atom stereocenters. The Kier molecular flexibility index (Phi) is 6.74. The summed E-state index contributed by atoms with van der Waals surface area (Å²) in [5.41, 5.74) is 4.51.